The van der Waals surface area contributed by atoms with Gasteiger partial charge in [-0.2, -0.15) is 0 Å². The first-order valence-electron chi connectivity index (χ1n) is 8.23. The Morgan fingerprint density at radius 1 is 1.04 bits per heavy atom. The summed E-state index contributed by atoms with van der Waals surface area (Å²) >= 11 is 0. The highest BCUT2D eigenvalue weighted by Gasteiger charge is 2.30. The summed E-state index contributed by atoms with van der Waals surface area (Å²) in [5.41, 5.74) is -0.330. The van der Waals surface area contributed by atoms with E-state index in [1.165, 1.54) is 0 Å². The van der Waals surface area contributed by atoms with Crippen LogP contribution in [-0.4, -0.2) is 56.5 Å². The van der Waals surface area contributed by atoms with Crippen molar-refractivity contribution in [1.29, 1.82) is 0 Å². The van der Waals surface area contributed by atoms with Gasteiger partial charge in [0, 0.05) is 50.1 Å². The lowest BCUT2D eigenvalue weighted by molar-refractivity contribution is -0.139. The lowest BCUT2D eigenvalue weighted by atomic mass is 9.94. The number of carbonyl (C=O) groups is 1. The standard InChI is InChI=1S/C17H24N6O/c1-13-18-5-6-23(13)15-11-14(19-12-20-15)21-7-9-22(10-8-21)16(24)17(2,3)4/h5-6,11-12H,7-10H2,1-4H3. The van der Waals surface area contributed by atoms with Crippen molar-refractivity contribution in [2.24, 2.45) is 5.41 Å². The number of imidazole rings is 1. The van der Waals surface area contributed by atoms with Gasteiger partial charge in [0.05, 0.1) is 0 Å². The number of hydrogen-bond acceptors (Lipinski definition) is 5. The molecule has 0 bridgehead atoms. The summed E-state index contributed by atoms with van der Waals surface area (Å²) in [5.74, 6) is 2.79. The first kappa shape index (κ1) is 16.4. The number of rotatable bonds is 2. The minimum absolute atomic E-state index is 0.208. The van der Waals surface area contributed by atoms with Crippen LogP contribution >= 0.6 is 0 Å². The molecule has 0 atom stereocenters. The predicted molar refractivity (Wildman–Crippen MR) is 92.1 cm³/mol. The van der Waals surface area contributed by atoms with Crippen molar-refractivity contribution in [3.63, 3.8) is 0 Å². The molecule has 2 aromatic rings. The summed E-state index contributed by atoms with van der Waals surface area (Å²) in [4.78, 5) is 29.5. The van der Waals surface area contributed by atoms with E-state index in [1.54, 1.807) is 12.5 Å². The van der Waals surface area contributed by atoms with Crippen molar-refractivity contribution in [1.82, 2.24) is 24.4 Å². The van der Waals surface area contributed by atoms with Crippen LogP contribution in [0.2, 0.25) is 0 Å². The number of piperazine rings is 1. The van der Waals surface area contributed by atoms with Crippen molar-refractivity contribution in [2.45, 2.75) is 27.7 Å². The van der Waals surface area contributed by atoms with Crippen LogP contribution in [0.15, 0.2) is 24.8 Å². The summed E-state index contributed by atoms with van der Waals surface area (Å²) in [5, 5.41) is 0. The zero-order valence-corrected chi connectivity index (χ0v) is 14.7. The van der Waals surface area contributed by atoms with Crippen LogP contribution in [0.25, 0.3) is 5.82 Å². The molecule has 3 heterocycles. The van der Waals surface area contributed by atoms with Crippen molar-refractivity contribution in [3.05, 3.63) is 30.6 Å². The second-order valence-corrected chi connectivity index (χ2v) is 7.11. The number of aromatic nitrogens is 4. The Bertz CT molecular complexity index is 725. The molecule has 1 saturated heterocycles. The van der Waals surface area contributed by atoms with Crippen LogP contribution in [0.1, 0.15) is 26.6 Å². The zero-order valence-electron chi connectivity index (χ0n) is 14.7. The van der Waals surface area contributed by atoms with Gasteiger partial charge in [-0.3, -0.25) is 9.36 Å². The summed E-state index contributed by atoms with van der Waals surface area (Å²) in [7, 11) is 0. The average Bonchev–Trinajstić information content (AvgIpc) is 3.00. The van der Waals surface area contributed by atoms with Gasteiger partial charge in [-0.15, -0.1) is 0 Å². The lowest BCUT2D eigenvalue weighted by Gasteiger charge is -2.38. The van der Waals surface area contributed by atoms with Gasteiger partial charge in [0.1, 0.15) is 23.8 Å². The van der Waals surface area contributed by atoms with Crippen LogP contribution in [0.5, 0.6) is 0 Å². The maximum atomic E-state index is 12.4. The summed E-state index contributed by atoms with van der Waals surface area (Å²) in [6.45, 7) is 10.8. The zero-order chi connectivity index (χ0) is 17.3. The highest BCUT2D eigenvalue weighted by atomic mass is 16.2. The molecule has 0 aliphatic carbocycles. The van der Waals surface area contributed by atoms with Crippen LogP contribution in [-0.2, 0) is 4.79 Å². The Kier molecular flexibility index (Phi) is 4.26. The normalized spacial score (nSPS) is 15.7. The monoisotopic (exact) mass is 328 g/mol. The van der Waals surface area contributed by atoms with E-state index in [1.807, 2.05) is 49.4 Å². The largest absolute Gasteiger partial charge is 0.353 e. The fourth-order valence-electron chi connectivity index (χ4n) is 2.87. The number of hydrogen-bond donors (Lipinski definition) is 0. The second kappa shape index (κ2) is 6.22. The number of carbonyl (C=O) groups excluding carboxylic acids is 1. The number of aryl methyl sites for hydroxylation is 1. The molecule has 1 amide bonds. The lowest BCUT2D eigenvalue weighted by Crippen LogP contribution is -2.51. The van der Waals surface area contributed by atoms with E-state index in [9.17, 15) is 4.79 Å². The van der Waals surface area contributed by atoms with Gasteiger partial charge in [-0.05, 0) is 6.92 Å². The van der Waals surface area contributed by atoms with E-state index in [2.05, 4.69) is 19.9 Å². The van der Waals surface area contributed by atoms with Crippen LogP contribution in [0.4, 0.5) is 5.82 Å². The average molecular weight is 328 g/mol. The van der Waals surface area contributed by atoms with Crippen molar-refractivity contribution >= 4 is 11.7 Å². The van der Waals surface area contributed by atoms with Crippen LogP contribution in [0.3, 0.4) is 0 Å². The minimum atomic E-state index is -0.330. The Morgan fingerprint density at radius 3 is 2.29 bits per heavy atom. The van der Waals surface area contributed by atoms with E-state index >= 15 is 0 Å². The number of nitrogens with zero attached hydrogens (tertiary/aromatic N) is 6. The van der Waals surface area contributed by atoms with Gasteiger partial charge in [0.25, 0.3) is 0 Å². The third kappa shape index (κ3) is 3.25. The van der Waals surface area contributed by atoms with Gasteiger partial charge in [-0.25, -0.2) is 15.0 Å². The van der Waals surface area contributed by atoms with Crippen molar-refractivity contribution < 1.29 is 4.79 Å². The fraction of sp³-hybridized carbons (Fsp3) is 0.529. The van der Waals surface area contributed by atoms with E-state index in [0.717, 1.165) is 43.6 Å². The Labute approximate surface area is 142 Å². The molecule has 24 heavy (non-hydrogen) atoms. The molecule has 128 valence electrons. The molecule has 3 rings (SSSR count). The summed E-state index contributed by atoms with van der Waals surface area (Å²) in [6, 6.07) is 1.97. The van der Waals surface area contributed by atoms with Gasteiger partial charge in [0.15, 0.2) is 0 Å². The van der Waals surface area contributed by atoms with Crippen LogP contribution < -0.4 is 4.90 Å². The third-order valence-electron chi connectivity index (χ3n) is 4.24. The Balaban J connectivity index is 1.71. The first-order chi connectivity index (χ1) is 11.4. The van der Waals surface area contributed by atoms with Gasteiger partial charge in [-0.1, -0.05) is 20.8 Å². The Hall–Kier alpha value is -2.44. The molecular formula is C17H24N6O. The second-order valence-electron chi connectivity index (χ2n) is 7.11. The van der Waals surface area contributed by atoms with Gasteiger partial charge >= 0.3 is 0 Å². The van der Waals surface area contributed by atoms with E-state index < -0.39 is 0 Å². The summed E-state index contributed by atoms with van der Waals surface area (Å²) in [6.07, 6.45) is 5.23. The molecule has 0 unspecified atom stereocenters. The highest BCUT2D eigenvalue weighted by molar-refractivity contribution is 5.81. The SMILES string of the molecule is Cc1nccn1-c1cc(N2CCN(C(=O)C(C)(C)C)CC2)ncn1. The van der Waals surface area contributed by atoms with Gasteiger partial charge in [0.2, 0.25) is 5.91 Å². The fourth-order valence-corrected chi connectivity index (χ4v) is 2.87. The molecule has 0 N–H and O–H groups in total. The van der Waals surface area contributed by atoms with E-state index in [0.29, 0.717) is 0 Å². The van der Waals surface area contributed by atoms with E-state index in [-0.39, 0.29) is 11.3 Å². The molecule has 0 aromatic carbocycles. The van der Waals surface area contributed by atoms with Crippen molar-refractivity contribution in [2.75, 3.05) is 31.1 Å². The maximum absolute atomic E-state index is 12.4. The minimum Gasteiger partial charge on any atom is -0.353 e. The number of anilines is 1. The van der Waals surface area contributed by atoms with Crippen LogP contribution in [0, 0.1) is 12.3 Å². The molecule has 1 aliphatic rings. The molecular weight excluding hydrogens is 304 g/mol. The highest BCUT2D eigenvalue weighted by Crippen LogP contribution is 2.21. The molecule has 2 aromatic heterocycles. The maximum Gasteiger partial charge on any atom is 0.228 e. The summed E-state index contributed by atoms with van der Waals surface area (Å²) < 4.78 is 1.94. The molecule has 7 heteroatoms. The van der Waals surface area contributed by atoms with Gasteiger partial charge < -0.3 is 9.80 Å². The number of amides is 1. The molecule has 1 aliphatic heterocycles. The molecule has 0 spiro atoms. The predicted octanol–water partition coefficient (Wildman–Crippen LogP) is 1.67. The molecule has 1 fully saturated rings. The molecule has 0 saturated carbocycles. The molecule has 0 radical (unpaired) electrons. The topological polar surface area (TPSA) is 67.2 Å². The van der Waals surface area contributed by atoms with E-state index in [4.69, 9.17) is 0 Å². The smallest absolute Gasteiger partial charge is 0.228 e. The van der Waals surface area contributed by atoms with Crippen molar-refractivity contribution in [3.8, 4) is 5.82 Å². The molecule has 7 nitrogen and oxygen atoms in total. The Morgan fingerprint density at radius 2 is 1.71 bits per heavy atom. The quantitative estimate of drug-likeness (QED) is 0.839. The first-order valence-corrected chi connectivity index (χ1v) is 8.23. The third-order valence-corrected chi connectivity index (χ3v) is 4.24.